The van der Waals surface area contributed by atoms with E-state index in [1.54, 1.807) is 0 Å². The number of hydrogen-bond donors (Lipinski definition) is 2. The van der Waals surface area contributed by atoms with E-state index >= 15 is 0 Å². The molecule has 40 heavy (non-hydrogen) atoms. The van der Waals surface area contributed by atoms with Crippen molar-refractivity contribution < 1.29 is 9.47 Å². The highest BCUT2D eigenvalue weighted by molar-refractivity contribution is 6.30. The molecule has 1 atom stereocenters. The van der Waals surface area contributed by atoms with Gasteiger partial charge in [-0.1, -0.05) is 61.4 Å². The minimum absolute atomic E-state index is 0.161. The first-order valence-electron chi connectivity index (χ1n) is 14.4. The highest BCUT2D eigenvalue weighted by Gasteiger charge is 2.17. The molecule has 0 aliphatic carbocycles. The van der Waals surface area contributed by atoms with Crippen LogP contribution in [0.25, 0.3) is 23.1 Å². The number of H-pyrrole nitrogens is 1. The number of aromatic amines is 1. The van der Waals surface area contributed by atoms with Gasteiger partial charge in [-0.2, -0.15) is 5.10 Å². The Morgan fingerprint density at radius 2 is 1.95 bits per heavy atom. The van der Waals surface area contributed by atoms with Gasteiger partial charge in [0.05, 0.1) is 24.4 Å². The Morgan fingerprint density at radius 3 is 2.67 bits per heavy atom. The topological polar surface area (TPSA) is 62.4 Å². The van der Waals surface area contributed by atoms with Crippen LogP contribution in [-0.2, 0) is 11.3 Å². The second-order valence-electron chi connectivity index (χ2n) is 10.3. The number of ether oxygens (including phenoxy) is 2. The van der Waals surface area contributed by atoms with Crippen molar-refractivity contribution in [3.05, 3.63) is 81.5 Å². The van der Waals surface area contributed by atoms with Gasteiger partial charge in [0.1, 0.15) is 11.9 Å². The average molecular weight is 563 g/mol. The van der Waals surface area contributed by atoms with Gasteiger partial charge in [-0.15, -0.1) is 0 Å². The summed E-state index contributed by atoms with van der Waals surface area (Å²) in [5.41, 5.74) is 6.48. The number of hydrogen-bond acceptors (Lipinski definition) is 5. The molecule has 1 unspecified atom stereocenters. The van der Waals surface area contributed by atoms with E-state index in [9.17, 15) is 0 Å². The fraction of sp³-hybridized carbons (Fsp3) is 0.424. The van der Waals surface area contributed by atoms with Gasteiger partial charge in [-0.3, -0.25) is 10.00 Å². The molecule has 0 saturated carbocycles. The predicted octanol–water partition coefficient (Wildman–Crippen LogP) is 7.18. The van der Waals surface area contributed by atoms with E-state index in [2.05, 4.69) is 89.7 Å². The van der Waals surface area contributed by atoms with Crippen LogP contribution in [0, 0.1) is 0 Å². The first-order chi connectivity index (χ1) is 19.5. The lowest BCUT2D eigenvalue weighted by molar-refractivity contribution is 0.0384. The standard InChI is InChI=1S/C33H43ClN4O2/c1-5-7-30(34)33(24(3)6-2)25(4)40-28-13-15-32-29(22-28)31(36-37-32)14-12-26-8-10-27(11-9-26)23-35-16-17-38-18-20-39-21-19-38/h6,8-15,22,25,35H,5,7,16-21,23H2,1-4H3,(H,36,37)/b14-12+,24-6-,33-30-. The van der Waals surface area contributed by atoms with Crippen molar-refractivity contribution >= 4 is 34.7 Å². The summed E-state index contributed by atoms with van der Waals surface area (Å²) >= 11 is 6.68. The molecule has 1 aliphatic heterocycles. The van der Waals surface area contributed by atoms with Gasteiger partial charge < -0.3 is 14.8 Å². The molecule has 7 heteroatoms. The molecule has 0 bridgehead atoms. The van der Waals surface area contributed by atoms with Crippen molar-refractivity contribution in [2.75, 3.05) is 39.4 Å². The molecule has 0 amide bonds. The van der Waals surface area contributed by atoms with Crippen LogP contribution >= 0.6 is 11.6 Å². The zero-order valence-corrected chi connectivity index (χ0v) is 25.1. The number of rotatable bonds is 13. The molecule has 4 rings (SSSR count). The van der Waals surface area contributed by atoms with Crippen LogP contribution in [0.5, 0.6) is 5.75 Å². The van der Waals surface area contributed by atoms with E-state index in [1.807, 2.05) is 19.1 Å². The van der Waals surface area contributed by atoms with Crippen molar-refractivity contribution in [1.82, 2.24) is 20.4 Å². The molecule has 3 aromatic rings. The number of aromatic nitrogens is 2. The van der Waals surface area contributed by atoms with E-state index in [-0.39, 0.29) is 6.10 Å². The van der Waals surface area contributed by atoms with E-state index in [0.29, 0.717) is 0 Å². The number of nitrogens with one attached hydrogen (secondary N) is 2. The molecule has 2 heterocycles. The van der Waals surface area contributed by atoms with Crippen molar-refractivity contribution in [2.24, 2.45) is 0 Å². The van der Waals surface area contributed by atoms with Crippen molar-refractivity contribution in [1.29, 1.82) is 0 Å². The fourth-order valence-electron chi connectivity index (χ4n) is 4.96. The van der Waals surface area contributed by atoms with Gasteiger partial charge in [0.15, 0.2) is 0 Å². The summed E-state index contributed by atoms with van der Waals surface area (Å²) in [6.07, 6.45) is 7.92. The molecule has 2 aromatic carbocycles. The van der Waals surface area contributed by atoms with Crippen LogP contribution in [0.4, 0.5) is 0 Å². The Hall–Kier alpha value is -2.90. The van der Waals surface area contributed by atoms with Gasteiger partial charge >= 0.3 is 0 Å². The number of benzene rings is 2. The lowest BCUT2D eigenvalue weighted by atomic mass is 10.0. The molecule has 1 saturated heterocycles. The largest absolute Gasteiger partial charge is 0.486 e. The minimum Gasteiger partial charge on any atom is -0.486 e. The van der Waals surface area contributed by atoms with Crippen LogP contribution in [-0.4, -0.2) is 60.6 Å². The zero-order chi connectivity index (χ0) is 28.3. The third-order valence-corrected chi connectivity index (χ3v) is 7.75. The molecular formula is C33H43ClN4O2. The molecule has 0 spiro atoms. The number of halogens is 1. The summed E-state index contributed by atoms with van der Waals surface area (Å²) in [5, 5.41) is 13.1. The van der Waals surface area contributed by atoms with Crippen molar-refractivity contribution in [2.45, 2.75) is 53.2 Å². The zero-order valence-electron chi connectivity index (χ0n) is 24.3. The van der Waals surface area contributed by atoms with Crippen molar-refractivity contribution in [3.8, 4) is 5.75 Å². The summed E-state index contributed by atoms with van der Waals surface area (Å²) in [6.45, 7) is 15.0. The highest BCUT2D eigenvalue weighted by Crippen LogP contribution is 2.30. The first-order valence-corrected chi connectivity index (χ1v) is 14.8. The van der Waals surface area contributed by atoms with Crippen molar-refractivity contribution in [3.63, 3.8) is 0 Å². The summed E-state index contributed by atoms with van der Waals surface area (Å²) in [7, 11) is 0. The Balaban J connectivity index is 1.37. The molecule has 1 aliphatic rings. The minimum atomic E-state index is -0.161. The van der Waals surface area contributed by atoms with E-state index in [1.165, 1.54) is 5.56 Å². The average Bonchev–Trinajstić information content (AvgIpc) is 3.37. The lowest BCUT2D eigenvalue weighted by Gasteiger charge is -2.26. The van der Waals surface area contributed by atoms with Gasteiger partial charge in [-0.25, -0.2) is 0 Å². The van der Waals surface area contributed by atoms with Gasteiger partial charge in [0.25, 0.3) is 0 Å². The van der Waals surface area contributed by atoms with Gasteiger partial charge in [0.2, 0.25) is 0 Å². The Bertz CT molecular complexity index is 1320. The maximum Gasteiger partial charge on any atom is 0.122 e. The predicted molar refractivity (Wildman–Crippen MR) is 168 cm³/mol. The fourth-order valence-corrected chi connectivity index (χ4v) is 5.45. The number of morpholine rings is 1. The molecule has 6 nitrogen and oxygen atoms in total. The molecule has 1 fully saturated rings. The Morgan fingerprint density at radius 1 is 1.18 bits per heavy atom. The smallest absolute Gasteiger partial charge is 0.122 e. The van der Waals surface area contributed by atoms with Gasteiger partial charge in [-0.05, 0) is 68.2 Å². The third-order valence-electron chi connectivity index (χ3n) is 7.35. The summed E-state index contributed by atoms with van der Waals surface area (Å²) < 4.78 is 11.8. The van der Waals surface area contributed by atoms with E-state index < -0.39 is 0 Å². The molecule has 214 valence electrons. The van der Waals surface area contributed by atoms with Crippen LogP contribution < -0.4 is 10.1 Å². The van der Waals surface area contributed by atoms with Crippen LogP contribution in [0.15, 0.2) is 64.7 Å². The maximum absolute atomic E-state index is 6.68. The van der Waals surface area contributed by atoms with Crippen LogP contribution in [0.1, 0.15) is 57.4 Å². The van der Waals surface area contributed by atoms with E-state index in [4.69, 9.17) is 21.1 Å². The second kappa shape index (κ2) is 15.2. The number of allylic oxidation sites excluding steroid dienone is 2. The highest BCUT2D eigenvalue weighted by atomic mass is 35.5. The second-order valence-corrected chi connectivity index (χ2v) is 10.8. The molecule has 1 aromatic heterocycles. The molecular weight excluding hydrogens is 520 g/mol. The first kappa shape index (κ1) is 30.1. The summed E-state index contributed by atoms with van der Waals surface area (Å²) in [6, 6.07) is 14.7. The van der Waals surface area contributed by atoms with E-state index in [0.717, 1.165) is 103 Å². The van der Waals surface area contributed by atoms with Crippen LogP contribution in [0.2, 0.25) is 0 Å². The summed E-state index contributed by atoms with van der Waals surface area (Å²) in [5.74, 6) is 0.795. The third kappa shape index (κ3) is 8.31. The monoisotopic (exact) mass is 562 g/mol. The molecule has 2 N–H and O–H groups in total. The SMILES string of the molecule is C/C=C(C)\C(=C(\Cl)CCC)C(C)Oc1ccc2[nH]nc(/C=C/c3ccc(CNCCN4CCOCC4)cc3)c2c1. The maximum atomic E-state index is 6.68. The Labute approximate surface area is 244 Å². The lowest BCUT2D eigenvalue weighted by Crippen LogP contribution is -2.40. The number of nitrogens with zero attached hydrogens (tertiary/aromatic N) is 2. The summed E-state index contributed by atoms with van der Waals surface area (Å²) in [4.78, 5) is 2.45. The number of fused-ring (bicyclic) bond motifs is 1. The van der Waals surface area contributed by atoms with Crippen LogP contribution in [0.3, 0.4) is 0 Å². The quantitative estimate of drug-likeness (QED) is 0.171. The normalized spacial score (nSPS) is 16.5. The molecule has 0 radical (unpaired) electrons. The Kier molecular flexibility index (Phi) is 11.4. The van der Waals surface area contributed by atoms with Gasteiger partial charge in [0, 0.05) is 48.7 Å².